The van der Waals surface area contributed by atoms with Gasteiger partial charge in [0.15, 0.2) is 0 Å². The van der Waals surface area contributed by atoms with E-state index in [1.54, 1.807) is 6.26 Å². The van der Waals surface area contributed by atoms with Crippen molar-refractivity contribution in [1.82, 2.24) is 0 Å². The van der Waals surface area contributed by atoms with Crippen LogP contribution in [0, 0.1) is 0 Å². The Morgan fingerprint density at radius 1 is 1.60 bits per heavy atom. The van der Waals surface area contributed by atoms with Crippen molar-refractivity contribution < 1.29 is 4.42 Å². The second-order valence-electron chi connectivity index (χ2n) is 2.85. The monoisotopic (exact) mass is 203 g/mol. The van der Waals surface area contributed by atoms with E-state index in [0.29, 0.717) is 0 Å². The standard InChI is InChI=1S/C7H10BrNO/c1-7(2,9)6-3-5(8)4-10-6/h3-4H,9H2,1-2H3. The summed E-state index contributed by atoms with van der Waals surface area (Å²) in [5.41, 5.74) is 5.37. The smallest absolute Gasteiger partial charge is 0.124 e. The molecule has 0 aliphatic heterocycles. The molecule has 0 radical (unpaired) electrons. The average molecular weight is 204 g/mol. The van der Waals surface area contributed by atoms with Crippen LogP contribution < -0.4 is 5.73 Å². The van der Waals surface area contributed by atoms with Gasteiger partial charge in [-0.05, 0) is 35.8 Å². The van der Waals surface area contributed by atoms with Crippen LogP contribution in [0.25, 0.3) is 0 Å². The largest absolute Gasteiger partial charge is 0.466 e. The van der Waals surface area contributed by atoms with Gasteiger partial charge in [-0.15, -0.1) is 0 Å². The third-order valence-corrected chi connectivity index (χ3v) is 1.62. The Labute approximate surface area is 68.5 Å². The Balaban J connectivity index is 2.96. The second kappa shape index (κ2) is 2.40. The van der Waals surface area contributed by atoms with Gasteiger partial charge in [0.25, 0.3) is 0 Å². The van der Waals surface area contributed by atoms with E-state index in [0.717, 1.165) is 10.2 Å². The summed E-state index contributed by atoms with van der Waals surface area (Å²) in [5, 5.41) is 0. The van der Waals surface area contributed by atoms with E-state index in [9.17, 15) is 0 Å². The summed E-state index contributed by atoms with van der Waals surface area (Å²) in [6, 6.07) is 1.88. The lowest BCUT2D eigenvalue weighted by atomic mass is 10.0. The zero-order chi connectivity index (χ0) is 7.78. The quantitative estimate of drug-likeness (QED) is 0.761. The van der Waals surface area contributed by atoms with Gasteiger partial charge in [-0.3, -0.25) is 0 Å². The number of hydrogen-bond donors (Lipinski definition) is 1. The van der Waals surface area contributed by atoms with Crippen molar-refractivity contribution in [2.45, 2.75) is 19.4 Å². The lowest BCUT2D eigenvalue weighted by Gasteiger charge is -2.13. The van der Waals surface area contributed by atoms with Gasteiger partial charge >= 0.3 is 0 Å². The first-order valence-corrected chi connectivity index (χ1v) is 3.83. The number of hydrogen-bond acceptors (Lipinski definition) is 2. The summed E-state index contributed by atoms with van der Waals surface area (Å²) >= 11 is 3.28. The molecule has 0 aliphatic rings. The van der Waals surface area contributed by atoms with E-state index >= 15 is 0 Å². The van der Waals surface area contributed by atoms with Crippen LogP contribution in [0.3, 0.4) is 0 Å². The van der Waals surface area contributed by atoms with Crippen LogP contribution in [-0.4, -0.2) is 0 Å². The molecule has 1 heterocycles. The van der Waals surface area contributed by atoms with Crippen LogP contribution in [0.1, 0.15) is 19.6 Å². The van der Waals surface area contributed by atoms with Crippen molar-refractivity contribution in [2.24, 2.45) is 5.73 Å². The van der Waals surface area contributed by atoms with Gasteiger partial charge in [0.2, 0.25) is 0 Å². The van der Waals surface area contributed by atoms with Gasteiger partial charge in [0.1, 0.15) is 12.0 Å². The van der Waals surface area contributed by atoms with Crippen LogP contribution in [0.5, 0.6) is 0 Å². The number of furan rings is 1. The topological polar surface area (TPSA) is 39.2 Å². The van der Waals surface area contributed by atoms with Crippen LogP contribution >= 0.6 is 15.9 Å². The Bertz CT molecular complexity index is 224. The fourth-order valence-electron chi connectivity index (χ4n) is 0.651. The van der Waals surface area contributed by atoms with Crippen molar-refractivity contribution in [3.8, 4) is 0 Å². The van der Waals surface area contributed by atoms with Crippen LogP contribution in [-0.2, 0) is 5.54 Å². The van der Waals surface area contributed by atoms with Gasteiger partial charge < -0.3 is 10.2 Å². The van der Waals surface area contributed by atoms with E-state index in [-0.39, 0.29) is 5.54 Å². The molecule has 0 unspecified atom stereocenters. The van der Waals surface area contributed by atoms with Crippen molar-refractivity contribution in [1.29, 1.82) is 0 Å². The first kappa shape index (κ1) is 7.82. The van der Waals surface area contributed by atoms with Crippen LogP contribution in [0.2, 0.25) is 0 Å². The minimum absolute atomic E-state index is 0.383. The SMILES string of the molecule is CC(C)(N)c1cc(Br)co1. The maximum atomic E-state index is 5.76. The van der Waals surface area contributed by atoms with Crippen molar-refractivity contribution in [2.75, 3.05) is 0 Å². The van der Waals surface area contributed by atoms with Gasteiger partial charge in [0, 0.05) is 0 Å². The van der Waals surface area contributed by atoms with E-state index in [4.69, 9.17) is 10.2 Å². The Kier molecular flexibility index (Phi) is 1.88. The van der Waals surface area contributed by atoms with Gasteiger partial charge in [-0.25, -0.2) is 0 Å². The van der Waals surface area contributed by atoms with Gasteiger partial charge in [0.05, 0.1) is 10.0 Å². The normalized spacial score (nSPS) is 12.0. The molecule has 1 rings (SSSR count). The molecule has 0 atom stereocenters. The number of halogens is 1. The molecular formula is C7H10BrNO. The highest BCUT2D eigenvalue weighted by Crippen LogP contribution is 2.22. The van der Waals surface area contributed by atoms with Gasteiger partial charge in [-0.1, -0.05) is 0 Å². The van der Waals surface area contributed by atoms with Crippen molar-refractivity contribution in [3.63, 3.8) is 0 Å². The minimum atomic E-state index is -0.383. The summed E-state index contributed by atoms with van der Waals surface area (Å²) in [7, 11) is 0. The lowest BCUT2D eigenvalue weighted by molar-refractivity contribution is 0.394. The summed E-state index contributed by atoms with van der Waals surface area (Å²) in [6.07, 6.45) is 1.63. The minimum Gasteiger partial charge on any atom is -0.466 e. The Morgan fingerprint density at radius 3 is 2.40 bits per heavy atom. The molecule has 10 heavy (non-hydrogen) atoms. The van der Waals surface area contributed by atoms with Crippen LogP contribution in [0.4, 0.5) is 0 Å². The third kappa shape index (κ3) is 1.61. The van der Waals surface area contributed by atoms with Gasteiger partial charge in [-0.2, -0.15) is 0 Å². The molecular weight excluding hydrogens is 194 g/mol. The molecule has 2 N–H and O–H groups in total. The summed E-state index contributed by atoms with van der Waals surface area (Å²) in [4.78, 5) is 0. The molecule has 0 saturated heterocycles. The van der Waals surface area contributed by atoms with E-state index in [1.165, 1.54) is 0 Å². The Hall–Kier alpha value is -0.280. The van der Waals surface area contributed by atoms with Crippen LogP contribution in [0.15, 0.2) is 21.2 Å². The molecule has 0 saturated carbocycles. The molecule has 0 spiro atoms. The number of nitrogens with two attached hydrogens (primary N) is 1. The maximum absolute atomic E-state index is 5.76. The molecule has 2 nitrogen and oxygen atoms in total. The zero-order valence-electron chi connectivity index (χ0n) is 6.02. The lowest BCUT2D eigenvalue weighted by Crippen LogP contribution is -2.27. The number of rotatable bonds is 1. The molecule has 0 aliphatic carbocycles. The molecule has 0 amide bonds. The first-order chi connectivity index (χ1) is 4.50. The average Bonchev–Trinajstić information content (AvgIpc) is 2.11. The highest BCUT2D eigenvalue weighted by molar-refractivity contribution is 9.10. The Morgan fingerprint density at radius 2 is 2.20 bits per heavy atom. The zero-order valence-corrected chi connectivity index (χ0v) is 7.60. The van der Waals surface area contributed by atoms with E-state index < -0.39 is 0 Å². The van der Waals surface area contributed by atoms with E-state index in [1.807, 2.05) is 19.9 Å². The van der Waals surface area contributed by atoms with Crippen molar-refractivity contribution in [3.05, 3.63) is 22.6 Å². The molecule has 3 heteroatoms. The summed E-state index contributed by atoms with van der Waals surface area (Å²) in [5.74, 6) is 0.791. The summed E-state index contributed by atoms with van der Waals surface area (Å²) in [6.45, 7) is 3.80. The fourth-order valence-corrected chi connectivity index (χ4v) is 0.952. The fraction of sp³-hybridized carbons (Fsp3) is 0.429. The molecule has 1 aromatic heterocycles. The third-order valence-electron chi connectivity index (χ3n) is 1.20. The highest BCUT2D eigenvalue weighted by Gasteiger charge is 2.17. The van der Waals surface area contributed by atoms with E-state index in [2.05, 4.69) is 15.9 Å². The molecule has 1 aromatic rings. The second-order valence-corrected chi connectivity index (χ2v) is 3.77. The molecule has 0 fully saturated rings. The maximum Gasteiger partial charge on any atom is 0.124 e. The molecule has 0 bridgehead atoms. The first-order valence-electron chi connectivity index (χ1n) is 3.03. The highest BCUT2D eigenvalue weighted by atomic mass is 79.9. The predicted octanol–water partition coefficient (Wildman–Crippen LogP) is 2.24. The summed E-state index contributed by atoms with van der Waals surface area (Å²) < 4.78 is 6.09. The van der Waals surface area contributed by atoms with Crippen molar-refractivity contribution >= 4 is 15.9 Å². The molecule has 0 aromatic carbocycles. The predicted molar refractivity (Wildman–Crippen MR) is 43.6 cm³/mol. The molecule has 56 valence electrons.